The highest BCUT2D eigenvalue weighted by Crippen LogP contribution is 2.30. The Morgan fingerprint density at radius 2 is 1.94 bits per heavy atom. The lowest BCUT2D eigenvalue weighted by Gasteiger charge is -2.39. The summed E-state index contributed by atoms with van der Waals surface area (Å²) in [6.45, 7) is 5.96. The molecule has 2 unspecified atom stereocenters. The first kappa shape index (κ1) is 13.1. The van der Waals surface area contributed by atoms with Crippen molar-refractivity contribution in [2.45, 2.75) is 39.2 Å². The summed E-state index contributed by atoms with van der Waals surface area (Å²) < 4.78 is 5.28. The van der Waals surface area contributed by atoms with Gasteiger partial charge in [0.2, 0.25) is 0 Å². The van der Waals surface area contributed by atoms with Crippen LogP contribution in [0.15, 0.2) is 0 Å². The van der Waals surface area contributed by atoms with E-state index in [1.807, 2.05) is 0 Å². The fourth-order valence-corrected chi connectivity index (χ4v) is 2.49. The first-order chi connectivity index (χ1) is 8.28. The highest BCUT2D eigenvalue weighted by atomic mass is 16.6. The summed E-state index contributed by atoms with van der Waals surface area (Å²) in [6, 6.07) is 0. The van der Waals surface area contributed by atoms with Crippen molar-refractivity contribution in [1.29, 1.82) is 0 Å². The van der Waals surface area contributed by atoms with Crippen molar-refractivity contribution >= 4 is 17.7 Å². The van der Waals surface area contributed by atoms with Gasteiger partial charge in [-0.25, -0.2) is 4.79 Å². The van der Waals surface area contributed by atoms with Crippen LogP contribution in [-0.2, 0) is 14.3 Å². The molecule has 5 nitrogen and oxygen atoms in total. The van der Waals surface area contributed by atoms with Crippen molar-refractivity contribution in [3.8, 4) is 0 Å². The Morgan fingerprint density at radius 1 is 1.28 bits per heavy atom. The number of piperidine rings is 1. The van der Waals surface area contributed by atoms with Crippen LogP contribution in [0.3, 0.4) is 0 Å². The molecule has 0 radical (unpaired) electrons. The number of Topliss-reactive ketones (excluding diaryl/α,β-unsaturated/α-hetero) is 2. The van der Waals surface area contributed by atoms with Crippen molar-refractivity contribution in [2.75, 3.05) is 13.1 Å². The van der Waals surface area contributed by atoms with E-state index in [0.717, 1.165) is 0 Å². The molecule has 1 saturated carbocycles. The van der Waals surface area contributed by atoms with Crippen molar-refractivity contribution in [1.82, 2.24) is 4.90 Å². The number of fused-ring (bicyclic) bond motifs is 2. The smallest absolute Gasteiger partial charge is 0.410 e. The van der Waals surface area contributed by atoms with E-state index < -0.39 is 17.6 Å². The minimum atomic E-state index is -0.620. The maximum Gasteiger partial charge on any atom is 0.410 e. The average molecular weight is 253 g/mol. The number of carbonyl (C=O) groups excluding carboxylic acids is 3. The summed E-state index contributed by atoms with van der Waals surface area (Å²) in [6.07, 6.45) is 0.594. The molecule has 1 heterocycles. The minimum Gasteiger partial charge on any atom is -0.444 e. The van der Waals surface area contributed by atoms with Gasteiger partial charge in [0.1, 0.15) is 17.2 Å². The summed E-state index contributed by atoms with van der Waals surface area (Å²) in [5, 5.41) is 0. The van der Waals surface area contributed by atoms with E-state index >= 15 is 0 Å². The Balaban J connectivity index is 2.07. The zero-order chi connectivity index (χ0) is 13.5. The van der Waals surface area contributed by atoms with Gasteiger partial charge in [0.15, 0.2) is 0 Å². The molecule has 1 aliphatic carbocycles. The van der Waals surface area contributed by atoms with Crippen molar-refractivity contribution in [2.24, 2.45) is 11.8 Å². The fourth-order valence-electron chi connectivity index (χ4n) is 2.49. The van der Waals surface area contributed by atoms with Crippen LogP contribution in [0, 0.1) is 11.8 Å². The second-order valence-electron chi connectivity index (χ2n) is 6.04. The van der Waals surface area contributed by atoms with Crippen LogP contribution in [0.2, 0.25) is 0 Å². The Kier molecular flexibility index (Phi) is 3.17. The van der Waals surface area contributed by atoms with Crippen LogP contribution >= 0.6 is 0 Å². The number of rotatable bonds is 0. The summed E-state index contributed by atoms with van der Waals surface area (Å²) in [4.78, 5) is 37.0. The molecule has 2 fully saturated rings. The lowest BCUT2D eigenvalue weighted by Crippen LogP contribution is -2.54. The van der Waals surface area contributed by atoms with Crippen LogP contribution < -0.4 is 0 Å². The topological polar surface area (TPSA) is 63.7 Å². The van der Waals surface area contributed by atoms with Crippen LogP contribution in [0.25, 0.3) is 0 Å². The molecule has 0 spiro atoms. The van der Waals surface area contributed by atoms with Gasteiger partial charge in [-0.05, 0) is 27.2 Å². The molecular weight excluding hydrogens is 234 g/mol. The molecule has 0 aromatic carbocycles. The minimum absolute atomic E-state index is 0.00561. The maximum absolute atomic E-state index is 11.9. The third kappa shape index (κ3) is 2.54. The number of nitrogens with zero attached hydrogens (tertiary/aromatic N) is 1. The molecule has 0 aromatic heterocycles. The summed E-state index contributed by atoms with van der Waals surface area (Å²) >= 11 is 0. The van der Waals surface area contributed by atoms with Gasteiger partial charge in [-0.1, -0.05) is 0 Å². The van der Waals surface area contributed by atoms with E-state index in [1.165, 1.54) is 4.90 Å². The predicted octanol–water partition coefficient (Wildman–Crippen LogP) is 1.40. The van der Waals surface area contributed by atoms with Crippen molar-refractivity contribution in [3.05, 3.63) is 0 Å². The third-order valence-electron chi connectivity index (χ3n) is 3.37. The Morgan fingerprint density at radius 3 is 2.56 bits per heavy atom. The van der Waals surface area contributed by atoms with Crippen LogP contribution in [0.5, 0.6) is 0 Å². The normalized spacial score (nSPS) is 28.3. The van der Waals surface area contributed by atoms with Crippen molar-refractivity contribution in [3.63, 3.8) is 0 Å². The van der Waals surface area contributed by atoms with Gasteiger partial charge >= 0.3 is 6.09 Å². The Hall–Kier alpha value is -1.39. The Labute approximate surface area is 106 Å². The molecule has 18 heavy (non-hydrogen) atoms. The molecule has 5 heteroatoms. The van der Waals surface area contributed by atoms with E-state index in [0.29, 0.717) is 19.4 Å². The van der Waals surface area contributed by atoms with E-state index in [-0.39, 0.29) is 24.0 Å². The van der Waals surface area contributed by atoms with Gasteiger partial charge in [-0.15, -0.1) is 0 Å². The molecule has 0 N–H and O–H groups in total. The zero-order valence-corrected chi connectivity index (χ0v) is 11.1. The summed E-state index contributed by atoms with van der Waals surface area (Å²) in [7, 11) is 0. The average Bonchev–Trinajstić information content (AvgIpc) is 2.21. The first-order valence-electron chi connectivity index (χ1n) is 6.32. The molecule has 2 rings (SSSR count). The lowest BCUT2D eigenvalue weighted by atomic mass is 9.76. The largest absolute Gasteiger partial charge is 0.444 e. The van der Waals surface area contributed by atoms with Crippen LogP contribution in [0.1, 0.15) is 33.6 Å². The molecule has 100 valence electrons. The number of amides is 1. The Bertz CT molecular complexity index is 396. The molecule has 1 saturated heterocycles. The third-order valence-corrected chi connectivity index (χ3v) is 3.37. The zero-order valence-electron chi connectivity index (χ0n) is 11.1. The van der Waals surface area contributed by atoms with Crippen molar-refractivity contribution < 1.29 is 19.1 Å². The maximum atomic E-state index is 11.9. The number of carbonyl (C=O) groups is 3. The molecule has 2 bridgehead atoms. The van der Waals surface area contributed by atoms with E-state index in [9.17, 15) is 14.4 Å². The predicted molar refractivity (Wildman–Crippen MR) is 64.0 cm³/mol. The van der Waals surface area contributed by atoms with Crippen LogP contribution in [-0.4, -0.2) is 41.3 Å². The number of ether oxygens (including phenoxy) is 1. The van der Waals surface area contributed by atoms with Gasteiger partial charge in [-0.2, -0.15) is 0 Å². The standard InChI is InChI=1S/C13H19NO4/c1-13(2,3)18-12(17)14-6-8-4-5-10(15)9(7-14)11(8)16/h8-9H,4-7H2,1-3H3. The van der Waals surface area contributed by atoms with E-state index in [1.54, 1.807) is 20.8 Å². The molecule has 0 aromatic rings. The molecule has 2 atom stereocenters. The molecular formula is C13H19NO4. The van der Waals surface area contributed by atoms with Gasteiger partial charge in [0.25, 0.3) is 0 Å². The van der Waals surface area contributed by atoms with Gasteiger partial charge in [-0.3, -0.25) is 9.59 Å². The van der Waals surface area contributed by atoms with E-state index in [2.05, 4.69) is 0 Å². The molecule has 1 amide bonds. The second-order valence-corrected chi connectivity index (χ2v) is 6.04. The molecule has 1 aliphatic heterocycles. The number of hydrogen-bond donors (Lipinski definition) is 0. The highest BCUT2D eigenvalue weighted by Gasteiger charge is 2.44. The fraction of sp³-hybridized carbons (Fsp3) is 0.769. The summed E-state index contributed by atoms with van der Waals surface area (Å²) in [5.41, 5.74) is -0.558. The number of likely N-dealkylation sites (tertiary alicyclic amines) is 1. The quantitative estimate of drug-likeness (QED) is 0.612. The molecule has 2 aliphatic rings. The lowest BCUT2D eigenvalue weighted by molar-refractivity contribution is -0.143. The van der Waals surface area contributed by atoms with Gasteiger partial charge < -0.3 is 9.64 Å². The van der Waals surface area contributed by atoms with Crippen LogP contribution in [0.4, 0.5) is 4.79 Å². The first-order valence-corrected chi connectivity index (χ1v) is 6.32. The number of ketones is 2. The van der Waals surface area contributed by atoms with E-state index in [4.69, 9.17) is 4.74 Å². The monoisotopic (exact) mass is 253 g/mol. The second kappa shape index (κ2) is 4.37. The number of hydrogen-bond acceptors (Lipinski definition) is 4. The highest BCUT2D eigenvalue weighted by molar-refractivity contribution is 6.06. The summed E-state index contributed by atoms with van der Waals surface area (Å²) in [5.74, 6) is -0.838. The van der Waals surface area contributed by atoms with Gasteiger partial charge in [0, 0.05) is 25.4 Å². The SMILES string of the molecule is CC(C)(C)OC(=O)N1CC2CCC(=O)C(C1)C2=O. The van der Waals surface area contributed by atoms with Gasteiger partial charge in [0.05, 0.1) is 5.92 Å².